The summed E-state index contributed by atoms with van der Waals surface area (Å²) in [5.41, 5.74) is -0.0634. The van der Waals surface area contributed by atoms with Crippen LogP contribution in [0.25, 0.3) is 0 Å². The first-order chi connectivity index (χ1) is 13.8. The Balaban J connectivity index is 1.56. The lowest BCUT2D eigenvalue weighted by Crippen LogP contribution is -2.66. The molecule has 3 nitrogen and oxygen atoms in total. The first-order valence-electron chi connectivity index (χ1n) is 11.6. The van der Waals surface area contributed by atoms with Gasteiger partial charge < -0.3 is 5.11 Å². The Hall–Kier alpha value is -1.48. The van der Waals surface area contributed by atoms with Crippen LogP contribution in [0.5, 0.6) is 0 Å². The fourth-order valence-electron chi connectivity index (χ4n) is 8.18. The summed E-state index contributed by atoms with van der Waals surface area (Å²) >= 11 is 0. The van der Waals surface area contributed by atoms with Crippen molar-refractivity contribution in [1.82, 2.24) is 0 Å². The van der Waals surface area contributed by atoms with Gasteiger partial charge in [0.25, 0.3) is 0 Å². The lowest BCUT2D eigenvalue weighted by Gasteiger charge is -2.65. The van der Waals surface area contributed by atoms with Crippen molar-refractivity contribution >= 4 is 11.6 Å². The zero-order valence-electron chi connectivity index (χ0n) is 17.8. The zero-order chi connectivity index (χ0) is 20.4. The largest absolute Gasteiger partial charge is 0.389 e. The summed E-state index contributed by atoms with van der Waals surface area (Å²) in [5, 5.41) is 12.1. The summed E-state index contributed by atoms with van der Waals surface area (Å²) in [4.78, 5) is 25.2. The lowest BCUT2D eigenvalue weighted by atomic mass is 9.41. The topological polar surface area (TPSA) is 54.4 Å². The highest BCUT2D eigenvalue weighted by Crippen LogP contribution is 2.67. The van der Waals surface area contributed by atoms with Crippen molar-refractivity contribution in [3.05, 3.63) is 35.9 Å². The maximum Gasteiger partial charge on any atom is 0.139 e. The quantitative estimate of drug-likeness (QED) is 0.787. The number of fused-ring (bicyclic) bond motifs is 5. The van der Waals surface area contributed by atoms with Crippen LogP contribution in [0.15, 0.2) is 30.3 Å². The molecule has 3 heteroatoms. The zero-order valence-corrected chi connectivity index (χ0v) is 17.8. The highest BCUT2D eigenvalue weighted by molar-refractivity contribution is 5.87. The summed E-state index contributed by atoms with van der Waals surface area (Å²) < 4.78 is 0. The molecule has 156 valence electrons. The van der Waals surface area contributed by atoms with Gasteiger partial charge >= 0.3 is 0 Å². The number of aliphatic hydroxyl groups is 1. The third kappa shape index (κ3) is 2.65. The summed E-state index contributed by atoms with van der Waals surface area (Å²) in [6.07, 6.45) is 7.20. The van der Waals surface area contributed by atoms with Crippen molar-refractivity contribution in [2.75, 3.05) is 0 Å². The molecule has 0 aromatic heterocycles. The number of carbonyl (C=O) groups excluding carboxylic acids is 2. The van der Waals surface area contributed by atoms with Gasteiger partial charge in [0.15, 0.2) is 0 Å². The molecule has 0 aliphatic heterocycles. The fraction of sp³-hybridized carbons (Fsp3) is 0.692. The molecule has 0 heterocycles. The number of carbonyl (C=O) groups is 2. The van der Waals surface area contributed by atoms with Crippen molar-refractivity contribution in [2.24, 2.45) is 34.5 Å². The van der Waals surface area contributed by atoms with Crippen LogP contribution in [0.1, 0.15) is 70.8 Å². The maximum atomic E-state index is 12.8. The van der Waals surface area contributed by atoms with Gasteiger partial charge in [-0.3, -0.25) is 9.59 Å². The van der Waals surface area contributed by atoms with Crippen LogP contribution < -0.4 is 0 Å². The molecule has 29 heavy (non-hydrogen) atoms. The Morgan fingerprint density at radius 1 is 1.00 bits per heavy atom. The summed E-state index contributed by atoms with van der Waals surface area (Å²) in [7, 11) is 0. The molecule has 0 spiro atoms. The minimum Gasteiger partial charge on any atom is -0.389 e. The van der Waals surface area contributed by atoms with Crippen LogP contribution in [0.2, 0.25) is 0 Å². The van der Waals surface area contributed by atoms with E-state index in [0.717, 1.165) is 44.9 Å². The minimum absolute atomic E-state index is 0.0819. The van der Waals surface area contributed by atoms with Crippen molar-refractivity contribution in [3.63, 3.8) is 0 Å². The Morgan fingerprint density at radius 2 is 1.76 bits per heavy atom. The molecular weight excluding hydrogens is 360 g/mol. The van der Waals surface area contributed by atoms with Crippen molar-refractivity contribution in [3.8, 4) is 0 Å². The van der Waals surface area contributed by atoms with E-state index in [0.29, 0.717) is 36.4 Å². The minimum atomic E-state index is -0.921. The van der Waals surface area contributed by atoms with Gasteiger partial charge in [-0.15, -0.1) is 0 Å². The summed E-state index contributed by atoms with van der Waals surface area (Å²) in [6, 6.07) is 10.4. The molecule has 1 aromatic rings. The molecule has 0 unspecified atom stereocenters. The average Bonchev–Trinajstić information content (AvgIpc) is 3.00. The molecular formula is C26H34O3. The Kier molecular flexibility index (Phi) is 4.37. The van der Waals surface area contributed by atoms with Crippen LogP contribution in [-0.2, 0) is 16.0 Å². The fourth-order valence-corrected chi connectivity index (χ4v) is 8.18. The van der Waals surface area contributed by atoms with Gasteiger partial charge in [0.1, 0.15) is 11.6 Å². The Morgan fingerprint density at radius 3 is 2.52 bits per heavy atom. The predicted octanol–water partition coefficient (Wildman–Crippen LogP) is 4.75. The van der Waals surface area contributed by atoms with Gasteiger partial charge in [0, 0.05) is 30.1 Å². The second kappa shape index (κ2) is 6.51. The third-order valence-corrected chi connectivity index (χ3v) is 9.90. The van der Waals surface area contributed by atoms with Crippen LogP contribution in [0.4, 0.5) is 0 Å². The first-order valence-corrected chi connectivity index (χ1v) is 11.6. The molecule has 0 radical (unpaired) electrons. The smallest absolute Gasteiger partial charge is 0.139 e. The van der Waals surface area contributed by atoms with Gasteiger partial charge in [-0.2, -0.15) is 0 Å². The van der Waals surface area contributed by atoms with Gasteiger partial charge in [-0.1, -0.05) is 44.2 Å². The van der Waals surface area contributed by atoms with E-state index in [9.17, 15) is 14.7 Å². The normalized spacial score (nSPS) is 46.7. The molecule has 4 fully saturated rings. The molecule has 0 bridgehead atoms. The molecule has 0 amide bonds. The van der Waals surface area contributed by atoms with E-state index in [1.54, 1.807) is 0 Å². The van der Waals surface area contributed by atoms with Crippen molar-refractivity contribution in [1.29, 1.82) is 0 Å². The summed E-state index contributed by atoms with van der Waals surface area (Å²) in [6.45, 7) is 4.48. The molecule has 1 N–H and O–H groups in total. The predicted molar refractivity (Wildman–Crippen MR) is 112 cm³/mol. The second-order valence-corrected chi connectivity index (χ2v) is 11.0. The molecule has 1 aromatic carbocycles. The molecule has 4 aliphatic carbocycles. The number of hydrogen-bond donors (Lipinski definition) is 1. The Bertz CT molecular complexity index is 832. The highest BCUT2D eigenvalue weighted by atomic mass is 16.3. The highest BCUT2D eigenvalue weighted by Gasteiger charge is 2.67. The van der Waals surface area contributed by atoms with Crippen molar-refractivity contribution in [2.45, 2.75) is 77.2 Å². The number of benzene rings is 1. The average molecular weight is 395 g/mol. The van der Waals surface area contributed by atoms with Gasteiger partial charge in [0.05, 0.1) is 5.60 Å². The lowest BCUT2D eigenvalue weighted by molar-refractivity contribution is -0.227. The van der Waals surface area contributed by atoms with Crippen molar-refractivity contribution < 1.29 is 14.7 Å². The number of rotatable bonds is 2. The number of Topliss-reactive ketones (excluding diaryl/α,β-unsaturated/α-hetero) is 2. The third-order valence-electron chi connectivity index (χ3n) is 9.90. The van der Waals surface area contributed by atoms with Crippen LogP contribution in [0, 0.1) is 34.5 Å². The van der Waals surface area contributed by atoms with Gasteiger partial charge in [-0.25, -0.2) is 0 Å². The van der Waals surface area contributed by atoms with Crippen LogP contribution in [-0.4, -0.2) is 22.3 Å². The van der Waals surface area contributed by atoms with E-state index in [1.807, 2.05) is 6.07 Å². The van der Waals surface area contributed by atoms with Crippen LogP contribution in [0.3, 0.4) is 0 Å². The molecule has 4 aliphatic rings. The van der Waals surface area contributed by atoms with E-state index < -0.39 is 5.60 Å². The number of ketones is 2. The van der Waals surface area contributed by atoms with Crippen LogP contribution >= 0.6 is 0 Å². The maximum absolute atomic E-state index is 12.8. The monoisotopic (exact) mass is 394 g/mol. The number of hydrogen-bond acceptors (Lipinski definition) is 3. The standard InChI is InChI=1S/C26H34O3/c1-24-12-11-22-20(21(24)8-9-23(24)28)15-18(14-17-6-4-3-5-7-17)26(29)16-19(27)10-13-25(22,26)2/h3-7,18,20-22,29H,8-16H2,1-2H3/t18-,20+,21+,22+,24+,25-,26+/m1/s1. The Labute approximate surface area is 174 Å². The van der Waals surface area contributed by atoms with E-state index in [-0.39, 0.29) is 22.5 Å². The van der Waals surface area contributed by atoms with E-state index in [4.69, 9.17) is 0 Å². The van der Waals surface area contributed by atoms with E-state index >= 15 is 0 Å². The molecule has 5 rings (SSSR count). The van der Waals surface area contributed by atoms with E-state index in [1.165, 1.54) is 5.56 Å². The first kappa shape index (κ1) is 19.5. The summed E-state index contributed by atoms with van der Waals surface area (Å²) in [5.74, 6) is 2.14. The second-order valence-electron chi connectivity index (χ2n) is 11.0. The van der Waals surface area contributed by atoms with E-state index in [2.05, 4.69) is 38.1 Å². The van der Waals surface area contributed by atoms with Gasteiger partial charge in [0.2, 0.25) is 0 Å². The molecule has 0 saturated heterocycles. The molecule has 7 atom stereocenters. The molecule has 4 saturated carbocycles. The SMILES string of the molecule is C[C@]12CC[C@H]3[C@@H](C[C@@H](Cc4ccccc4)[C@@]4(O)CC(=O)CC[C@]34C)[C@@H]1CCC2=O. The van der Waals surface area contributed by atoms with Gasteiger partial charge in [-0.05, 0) is 67.8 Å².